The van der Waals surface area contributed by atoms with Crippen LogP contribution in [0.5, 0.6) is 0 Å². The molecule has 1 rings (SSSR count). The van der Waals surface area contributed by atoms with E-state index in [-0.39, 0.29) is 13.2 Å². The van der Waals surface area contributed by atoms with Gasteiger partial charge in [0.05, 0.1) is 13.2 Å². The average Bonchev–Trinajstić information content (AvgIpc) is 2.41. The van der Waals surface area contributed by atoms with Crippen LogP contribution in [0.25, 0.3) is 0 Å². The second-order valence-electron chi connectivity index (χ2n) is 3.60. The molecule has 4 nitrogen and oxygen atoms in total. The molecule has 0 unspecified atom stereocenters. The van der Waals surface area contributed by atoms with Crippen LogP contribution in [0.15, 0.2) is 43.0 Å². The molecule has 0 radical (unpaired) electrons. The van der Waals surface area contributed by atoms with Crippen LogP contribution in [0.4, 0.5) is 0 Å². The number of nitrogens with one attached hydrogen (secondary N) is 1. The van der Waals surface area contributed by atoms with Crippen LogP contribution >= 0.6 is 0 Å². The van der Waals surface area contributed by atoms with Crippen molar-refractivity contribution in [3.63, 3.8) is 0 Å². The van der Waals surface area contributed by atoms with Crippen LogP contribution < -0.4 is 5.48 Å². The van der Waals surface area contributed by atoms with Crippen molar-refractivity contribution in [3.8, 4) is 0 Å². The highest BCUT2D eigenvalue weighted by Gasteiger charge is 1.90. The number of hydroxylamine groups is 1. The van der Waals surface area contributed by atoms with E-state index in [9.17, 15) is 0 Å². The second-order valence-corrected chi connectivity index (χ2v) is 3.60. The van der Waals surface area contributed by atoms with Gasteiger partial charge in [0.2, 0.25) is 0 Å². The van der Waals surface area contributed by atoms with Crippen molar-refractivity contribution in [2.75, 3.05) is 19.8 Å². The van der Waals surface area contributed by atoms with E-state index in [1.165, 1.54) is 5.56 Å². The van der Waals surface area contributed by atoms with Gasteiger partial charge in [-0.1, -0.05) is 36.4 Å². The molecule has 0 saturated carbocycles. The lowest BCUT2D eigenvalue weighted by Gasteiger charge is -2.02. The summed E-state index contributed by atoms with van der Waals surface area (Å²) in [6.45, 7) is 5.43. The molecule has 102 valence electrons. The maximum Gasteiger partial charge on any atom is 0.0716 e. The standard InChI is InChI=1S/C12H16O.C2H7NO2/c1-2-3-7-10-13-11-12-8-5-4-6-9-12;4-2-1-3-5/h2,4-6,8-9H,1,3,7,10-11H2;3-5H,1-2H2. The Kier molecular flexibility index (Phi) is 12.9. The maximum absolute atomic E-state index is 7.84. The summed E-state index contributed by atoms with van der Waals surface area (Å²) in [5, 5.41) is 15.5. The van der Waals surface area contributed by atoms with E-state index in [1.807, 2.05) is 24.3 Å². The minimum absolute atomic E-state index is 0.0174. The summed E-state index contributed by atoms with van der Waals surface area (Å²) in [4.78, 5) is 0. The first-order valence-electron chi connectivity index (χ1n) is 6.05. The summed E-state index contributed by atoms with van der Waals surface area (Å²) in [5.74, 6) is 0. The monoisotopic (exact) mass is 253 g/mol. The summed E-state index contributed by atoms with van der Waals surface area (Å²) in [6.07, 6.45) is 4.02. The largest absolute Gasteiger partial charge is 0.395 e. The van der Waals surface area contributed by atoms with Crippen LogP contribution in [0.3, 0.4) is 0 Å². The molecule has 0 atom stereocenters. The Morgan fingerprint density at radius 1 is 1.28 bits per heavy atom. The predicted octanol–water partition coefficient (Wildman–Crippen LogP) is 2.13. The molecule has 0 bridgehead atoms. The van der Waals surface area contributed by atoms with Gasteiger partial charge in [0.25, 0.3) is 0 Å². The molecule has 0 heterocycles. The molecule has 0 aliphatic carbocycles. The molecular formula is C14H23NO3. The average molecular weight is 253 g/mol. The highest BCUT2D eigenvalue weighted by molar-refractivity contribution is 5.13. The number of allylic oxidation sites excluding steroid dienone is 1. The van der Waals surface area contributed by atoms with E-state index in [1.54, 1.807) is 5.48 Å². The smallest absolute Gasteiger partial charge is 0.0716 e. The van der Waals surface area contributed by atoms with Gasteiger partial charge >= 0.3 is 0 Å². The first-order chi connectivity index (χ1) is 8.85. The minimum atomic E-state index is -0.0174. The molecule has 0 aliphatic rings. The second kappa shape index (κ2) is 13.9. The van der Waals surface area contributed by atoms with E-state index >= 15 is 0 Å². The Bertz CT molecular complexity index is 276. The SMILES string of the molecule is C=CCCCOCc1ccccc1.OCCNO. The van der Waals surface area contributed by atoms with Crippen molar-refractivity contribution in [3.05, 3.63) is 48.6 Å². The Hall–Kier alpha value is -1.20. The zero-order valence-corrected chi connectivity index (χ0v) is 10.7. The molecule has 18 heavy (non-hydrogen) atoms. The highest BCUT2D eigenvalue weighted by atomic mass is 16.5. The number of aliphatic hydroxyl groups is 1. The summed E-state index contributed by atoms with van der Waals surface area (Å²) in [6, 6.07) is 10.2. The first kappa shape index (κ1) is 16.8. The van der Waals surface area contributed by atoms with Gasteiger partial charge in [-0.05, 0) is 18.4 Å². The summed E-state index contributed by atoms with van der Waals surface area (Å²) in [7, 11) is 0. The molecule has 4 heteroatoms. The molecule has 0 aromatic heterocycles. The number of unbranched alkanes of at least 4 members (excludes halogenated alkanes) is 1. The van der Waals surface area contributed by atoms with Crippen molar-refractivity contribution < 1.29 is 15.1 Å². The number of hydrogen-bond donors (Lipinski definition) is 3. The summed E-state index contributed by atoms with van der Waals surface area (Å²) < 4.78 is 5.47. The molecule has 0 aliphatic heterocycles. The third-order valence-electron chi connectivity index (χ3n) is 2.03. The first-order valence-corrected chi connectivity index (χ1v) is 6.05. The quantitative estimate of drug-likeness (QED) is 0.377. The van der Waals surface area contributed by atoms with Crippen molar-refractivity contribution >= 4 is 0 Å². The fourth-order valence-electron chi connectivity index (χ4n) is 1.14. The van der Waals surface area contributed by atoms with Crippen LogP contribution in [0.1, 0.15) is 18.4 Å². The van der Waals surface area contributed by atoms with E-state index in [4.69, 9.17) is 15.1 Å². The predicted molar refractivity (Wildman–Crippen MR) is 72.4 cm³/mol. The van der Waals surface area contributed by atoms with E-state index in [0.29, 0.717) is 0 Å². The van der Waals surface area contributed by atoms with Crippen LogP contribution in [-0.2, 0) is 11.3 Å². The fourth-order valence-corrected chi connectivity index (χ4v) is 1.14. The third-order valence-corrected chi connectivity index (χ3v) is 2.03. The van der Waals surface area contributed by atoms with Gasteiger partial charge in [-0.2, -0.15) is 0 Å². The lowest BCUT2D eigenvalue weighted by atomic mass is 10.2. The molecule has 3 N–H and O–H groups in total. The number of ether oxygens (including phenoxy) is 1. The van der Waals surface area contributed by atoms with Crippen molar-refractivity contribution in [2.45, 2.75) is 19.4 Å². The van der Waals surface area contributed by atoms with Gasteiger partial charge in [-0.15, -0.1) is 6.58 Å². The summed E-state index contributed by atoms with van der Waals surface area (Å²) in [5.41, 5.74) is 3.00. The molecule has 1 aromatic rings. The Balaban J connectivity index is 0.000000494. The zero-order chi connectivity index (χ0) is 13.5. The van der Waals surface area contributed by atoms with Crippen molar-refractivity contribution in [1.82, 2.24) is 5.48 Å². The molecule has 0 amide bonds. The van der Waals surface area contributed by atoms with E-state index in [2.05, 4.69) is 18.7 Å². The maximum atomic E-state index is 7.84. The number of aliphatic hydroxyl groups excluding tert-OH is 1. The van der Waals surface area contributed by atoms with Gasteiger partial charge in [0, 0.05) is 13.2 Å². The molecule has 0 fully saturated rings. The minimum Gasteiger partial charge on any atom is -0.395 e. The van der Waals surface area contributed by atoms with Gasteiger partial charge in [0.1, 0.15) is 0 Å². The van der Waals surface area contributed by atoms with E-state index in [0.717, 1.165) is 26.1 Å². The highest BCUT2D eigenvalue weighted by Crippen LogP contribution is 2.01. The summed E-state index contributed by atoms with van der Waals surface area (Å²) >= 11 is 0. The Morgan fingerprint density at radius 2 is 2.00 bits per heavy atom. The van der Waals surface area contributed by atoms with Gasteiger partial charge in [-0.25, -0.2) is 5.48 Å². The molecule has 0 spiro atoms. The van der Waals surface area contributed by atoms with Crippen LogP contribution in [0.2, 0.25) is 0 Å². The number of benzene rings is 1. The van der Waals surface area contributed by atoms with Crippen LogP contribution in [-0.4, -0.2) is 30.1 Å². The van der Waals surface area contributed by atoms with Crippen LogP contribution in [0, 0.1) is 0 Å². The number of rotatable bonds is 8. The topological polar surface area (TPSA) is 61.7 Å². The van der Waals surface area contributed by atoms with Crippen molar-refractivity contribution in [1.29, 1.82) is 0 Å². The van der Waals surface area contributed by atoms with Gasteiger partial charge < -0.3 is 15.1 Å². The molecule has 0 saturated heterocycles. The molecule has 1 aromatic carbocycles. The Morgan fingerprint density at radius 3 is 2.50 bits per heavy atom. The fraction of sp³-hybridized carbons (Fsp3) is 0.429. The third kappa shape index (κ3) is 11.3. The van der Waals surface area contributed by atoms with Gasteiger partial charge in [0.15, 0.2) is 0 Å². The van der Waals surface area contributed by atoms with E-state index < -0.39 is 0 Å². The normalized spacial score (nSPS) is 9.44. The lowest BCUT2D eigenvalue weighted by Crippen LogP contribution is -2.11. The van der Waals surface area contributed by atoms with Crippen molar-refractivity contribution in [2.24, 2.45) is 0 Å². The lowest BCUT2D eigenvalue weighted by molar-refractivity contribution is 0.119. The van der Waals surface area contributed by atoms with Gasteiger partial charge in [-0.3, -0.25) is 0 Å². The number of hydrogen-bond acceptors (Lipinski definition) is 4. The molecular weight excluding hydrogens is 230 g/mol. The zero-order valence-electron chi connectivity index (χ0n) is 10.7. The Labute approximate surface area is 109 Å².